The molecule has 1 fully saturated rings. The normalized spacial score (nSPS) is 13.4. The van der Waals surface area contributed by atoms with Crippen molar-refractivity contribution >= 4 is 29.3 Å². The zero-order chi connectivity index (χ0) is 43.4. The van der Waals surface area contributed by atoms with Crippen LogP contribution in [0, 0.1) is 0 Å². The Kier molecular flexibility index (Phi) is 14.3. The van der Waals surface area contributed by atoms with Crippen molar-refractivity contribution in [1.82, 2.24) is 35.1 Å². The lowest BCUT2D eigenvalue weighted by atomic mass is 9.98. The zero-order valence-electron chi connectivity index (χ0n) is 34.0. The fourth-order valence-corrected chi connectivity index (χ4v) is 6.90. The summed E-state index contributed by atoms with van der Waals surface area (Å²) >= 11 is 0. The number of benzene rings is 4. The number of imidazole rings is 1. The third kappa shape index (κ3) is 11.3. The maximum absolute atomic E-state index is 13.6. The van der Waals surface area contributed by atoms with E-state index in [9.17, 15) is 14.4 Å². The number of hydrogen-bond acceptors (Lipinski definition) is 17. The molecule has 1 aliphatic rings. The third-order valence-electron chi connectivity index (χ3n) is 9.83. The molecule has 0 spiro atoms. The van der Waals surface area contributed by atoms with Crippen molar-refractivity contribution in [2.45, 2.75) is 84.8 Å². The Morgan fingerprint density at radius 1 is 0.806 bits per heavy atom. The first-order chi connectivity index (χ1) is 30.1. The summed E-state index contributed by atoms with van der Waals surface area (Å²) in [5.74, 6) is -0.392. The van der Waals surface area contributed by atoms with Gasteiger partial charge in [0, 0.05) is 12.5 Å². The van der Waals surface area contributed by atoms with Crippen LogP contribution in [0.25, 0.3) is 33.5 Å². The van der Waals surface area contributed by atoms with Crippen LogP contribution in [-0.4, -0.2) is 82.8 Å². The van der Waals surface area contributed by atoms with Crippen molar-refractivity contribution in [2.75, 3.05) is 6.61 Å². The van der Waals surface area contributed by atoms with E-state index in [0.29, 0.717) is 52.7 Å². The number of rotatable bonds is 17. The maximum Gasteiger partial charge on any atom is 0.511 e. The van der Waals surface area contributed by atoms with Gasteiger partial charge in [-0.3, -0.25) is 15.0 Å². The maximum atomic E-state index is 13.6. The van der Waals surface area contributed by atoms with E-state index >= 15 is 0 Å². The van der Waals surface area contributed by atoms with E-state index in [1.54, 1.807) is 42.5 Å². The van der Waals surface area contributed by atoms with E-state index in [0.717, 1.165) is 53.6 Å². The average Bonchev–Trinajstić information content (AvgIpc) is 3.89. The molecule has 2 heterocycles. The lowest BCUT2D eigenvalue weighted by molar-refractivity contribution is -0.497. The summed E-state index contributed by atoms with van der Waals surface area (Å²) in [6, 6.07) is 27.5. The van der Waals surface area contributed by atoms with Crippen LogP contribution in [0.1, 0.15) is 73.0 Å². The van der Waals surface area contributed by atoms with Gasteiger partial charge < -0.3 is 28.4 Å². The Balaban J connectivity index is 0.991. The topological polar surface area (TPSA) is 221 Å². The predicted molar refractivity (Wildman–Crippen MR) is 216 cm³/mol. The predicted octanol–water partition coefficient (Wildman–Crippen LogP) is 7.62. The lowest BCUT2D eigenvalue weighted by Crippen LogP contribution is -2.26. The zero-order valence-corrected chi connectivity index (χ0v) is 34.0. The molecule has 2 aromatic heterocycles. The van der Waals surface area contributed by atoms with Gasteiger partial charge in [0.05, 0.1) is 41.7 Å². The minimum absolute atomic E-state index is 0.0629. The molecule has 0 amide bonds. The van der Waals surface area contributed by atoms with Crippen molar-refractivity contribution in [2.24, 2.45) is 0 Å². The number of nitrogens with zero attached hydrogens (tertiary/aromatic N) is 7. The molecule has 4 aromatic carbocycles. The van der Waals surface area contributed by atoms with E-state index in [-0.39, 0.29) is 37.0 Å². The van der Waals surface area contributed by atoms with Crippen molar-refractivity contribution in [3.63, 3.8) is 0 Å². The molecule has 1 unspecified atom stereocenters. The molecule has 1 saturated carbocycles. The van der Waals surface area contributed by atoms with Crippen molar-refractivity contribution in [1.29, 1.82) is 0 Å². The first-order valence-electron chi connectivity index (χ1n) is 20.0. The van der Waals surface area contributed by atoms with Gasteiger partial charge in [-0.05, 0) is 77.8 Å². The number of carbonyl (C=O) groups excluding carboxylic acids is 3. The SMILES string of the molecule is CCOc1nc2cccc(C(=O)OC(C)OC(=O)OC3CCCCC3)c2n1Cc1ccc(-c2ccccc2-c2nnn(COC(=O)OCc3ccc(CON(O)O)cc3)n2)cc1. The fraction of sp³-hybridized carbons (Fsp3) is 0.326. The molecule has 1 atom stereocenters. The second-order valence-electron chi connectivity index (χ2n) is 14.2. The number of carbonyl (C=O) groups is 3. The minimum Gasteiger partial charge on any atom is -0.465 e. The van der Waals surface area contributed by atoms with Gasteiger partial charge in [0.2, 0.25) is 18.8 Å². The molecule has 0 aliphatic heterocycles. The number of tetrazole rings is 1. The van der Waals surface area contributed by atoms with Crippen molar-refractivity contribution in [3.8, 4) is 28.5 Å². The molecule has 7 rings (SSSR count). The van der Waals surface area contributed by atoms with Crippen LogP contribution in [-0.2, 0) is 55.0 Å². The molecular formula is C43H45N7O12. The molecule has 62 heavy (non-hydrogen) atoms. The highest BCUT2D eigenvalue weighted by Crippen LogP contribution is 2.32. The largest absolute Gasteiger partial charge is 0.511 e. The molecule has 0 bridgehead atoms. The van der Waals surface area contributed by atoms with Crippen molar-refractivity contribution in [3.05, 3.63) is 113 Å². The second-order valence-corrected chi connectivity index (χ2v) is 14.2. The van der Waals surface area contributed by atoms with E-state index in [2.05, 4.69) is 25.2 Å². The Bertz CT molecular complexity index is 2450. The standard InChI is InChI=1S/C43H45N7O12/c1-3-56-41-44-37-15-9-14-36(40(51)60-28(2)61-43(53)62-33-10-5-4-6-11-33)38(37)48(41)24-29-20-22-32(23-21-29)34-12-7-8-13-35(34)39-45-47-49(46-39)27-58-42(52)57-25-30-16-18-31(19-17-30)26-59-50(54)55/h7-9,12-23,28,33,54-55H,3-6,10-11,24-27H2,1-2H3. The second kappa shape index (κ2) is 20.6. The number of hydrogen-bond donors (Lipinski definition) is 2. The first kappa shape index (κ1) is 43.2. The van der Waals surface area contributed by atoms with Gasteiger partial charge in [-0.25, -0.2) is 19.2 Å². The average molecular weight is 852 g/mol. The highest BCUT2D eigenvalue weighted by Gasteiger charge is 2.25. The van der Waals surface area contributed by atoms with Crippen LogP contribution < -0.4 is 4.74 Å². The Hall–Kier alpha value is -6.93. The van der Waals surface area contributed by atoms with Crippen LogP contribution in [0.2, 0.25) is 0 Å². The molecule has 0 radical (unpaired) electrons. The number of para-hydroxylation sites is 1. The van der Waals surface area contributed by atoms with E-state index in [1.165, 1.54) is 6.92 Å². The van der Waals surface area contributed by atoms with Crippen LogP contribution in [0.5, 0.6) is 6.01 Å². The number of esters is 1. The van der Waals surface area contributed by atoms with E-state index in [1.807, 2.05) is 60.0 Å². The summed E-state index contributed by atoms with van der Waals surface area (Å²) in [5, 5.41) is 29.6. The number of aromatic nitrogens is 6. The van der Waals surface area contributed by atoms with E-state index in [4.69, 9.17) is 38.8 Å². The molecule has 19 nitrogen and oxygen atoms in total. The highest BCUT2D eigenvalue weighted by molar-refractivity contribution is 6.02. The van der Waals surface area contributed by atoms with Crippen LogP contribution in [0.15, 0.2) is 91.0 Å². The summed E-state index contributed by atoms with van der Waals surface area (Å²) in [6.07, 6.45) is 1.47. The third-order valence-corrected chi connectivity index (χ3v) is 9.83. The molecule has 2 N–H and O–H groups in total. The number of ether oxygens (including phenoxy) is 6. The fourth-order valence-electron chi connectivity index (χ4n) is 6.90. The summed E-state index contributed by atoms with van der Waals surface area (Å²) in [6.45, 7) is 3.48. The van der Waals surface area contributed by atoms with Gasteiger partial charge in [0.25, 0.3) is 6.01 Å². The van der Waals surface area contributed by atoms with Gasteiger partial charge >= 0.3 is 18.3 Å². The number of fused-ring (bicyclic) bond motifs is 1. The molecule has 1 aliphatic carbocycles. The molecule has 6 aromatic rings. The van der Waals surface area contributed by atoms with Gasteiger partial charge in [-0.15, -0.1) is 15.0 Å². The van der Waals surface area contributed by atoms with E-state index < -0.39 is 24.6 Å². The van der Waals surface area contributed by atoms with Crippen LogP contribution in [0.4, 0.5) is 9.59 Å². The van der Waals surface area contributed by atoms with Crippen LogP contribution in [0.3, 0.4) is 0 Å². The molecular weight excluding hydrogens is 807 g/mol. The quantitative estimate of drug-likeness (QED) is 0.0390. The van der Waals surface area contributed by atoms with Gasteiger partial charge in [0.15, 0.2) is 0 Å². The summed E-state index contributed by atoms with van der Waals surface area (Å²) in [7, 11) is 0. The summed E-state index contributed by atoms with van der Waals surface area (Å²) in [4.78, 5) is 48.6. The Morgan fingerprint density at radius 2 is 1.52 bits per heavy atom. The lowest BCUT2D eigenvalue weighted by Gasteiger charge is -2.22. The Morgan fingerprint density at radius 3 is 2.24 bits per heavy atom. The van der Waals surface area contributed by atoms with Crippen LogP contribution >= 0.6 is 0 Å². The highest BCUT2D eigenvalue weighted by atomic mass is 17.1. The smallest absolute Gasteiger partial charge is 0.465 e. The molecule has 0 saturated heterocycles. The molecule has 19 heteroatoms. The first-order valence-corrected chi connectivity index (χ1v) is 20.0. The van der Waals surface area contributed by atoms with Gasteiger partial charge in [-0.1, -0.05) is 85.3 Å². The van der Waals surface area contributed by atoms with Gasteiger partial charge in [0.1, 0.15) is 12.7 Å². The monoisotopic (exact) mass is 851 g/mol. The Labute approximate surface area is 355 Å². The molecule has 324 valence electrons. The van der Waals surface area contributed by atoms with Crippen molar-refractivity contribution < 1.29 is 58.1 Å². The summed E-state index contributed by atoms with van der Waals surface area (Å²) in [5.41, 5.74) is 5.85. The van der Waals surface area contributed by atoms with Gasteiger partial charge in [-0.2, -0.15) is 4.98 Å². The summed E-state index contributed by atoms with van der Waals surface area (Å²) < 4.78 is 34.3. The minimum atomic E-state index is -1.19.